The topological polar surface area (TPSA) is 63.6 Å². The van der Waals surface area contributed by atoms with Crippen LogP contribution in [0.25, 0.3) is 0 Å². The summed E-state index contributed by atoms with van der Waals surface area (Å²) in [4.78, 5) is 21.8. The van der Waals surface area contributed by atoms with Gasteiger partial charge in [-0.15, -0.1) is 0 Å². The number of carboxylic acid groups (broad SMARTS) is 1. The van der Waals surface area contributed by atoms with Crippen LogP contribution in [0.1, 0.15) is 334 Å². The third-order valence-electron chi connectivity index (χ3n) is 13.2. The molecule has 4 nitrogen and oxygen atoms in total. The van der Waals surface area contributed by atoms with Gasteiger partial charge >= 0.3 is 11.9 Å². The van der Waals surface area contributed by atoms with Crippen molar-refractivity contribution in [3.63, 3.8) is 0 Å². The first kappa shape index (κ1) is 58.7. The number of carbonyl (C=O) groups excluding carboxylic acids is 1. The Morgan fingerprint density at radius 3 is 0.533 bits per heavy atom. The molecule has 60 heavy (non-hydrogen) atoms. The quantitative estimate of drug-likeness (QED) is 0.0376. The average Bonchev–Trinajstić information content (AvgIpc) is 3.24. The molecule has 0 rings (SSSR count). The van der Waals surface area contributed by atoms with Crippen LogP contribution in [0.15, 0.2) is 12.8 Å². The highest BCUT2D eigenvalue weighted by atomic mass is 16.5. The lowest BCUT2D eigenvalue weighted by atomic mass is 10.0. The van der Waals surface area contributed by atoms with Gasteiger partial charge in [0, 0.05) is 12.8 Å². The number of carboxylic acids is 1. The van der Waals surface area contributed by atoms with Crippen LogP contribution in [0, 0.1) is 0 Å². The average molecular weight is 845 g/mol. The van der Waals surface area contributed by atoms with E-state index < -0.39 is 5.97 Å². The number of hydrogen-bond acceptors (Lipinski definition) is 3. The summed E-state index contributed by atoms with van der Waals surface area (Å²) in [6.45, 7) is 3.42. The predicted octanol–water partition coefficient (Wildman–Crippen LogP) is 20.0. The Balaban J connectivity index is 3.08. The molecular weight excluding hydrogens is 737 g/mol. The van der Waals surface area contributed by atoms with Gasteiger partial charge in [0.15, 0.2) is 0 Å². The van der Waals surface area contributed by atoms with Gasteiger partial charge in [-0.1, -0.05) is 315 Å². The lowest BCUT2D eigenvalue weighted by Crippen LogP contribution is -1.98. The highest BCUT2D eigenvalue weighted by molar-refractivity contribution is 5.69. The summed E-state index contributed by atoms with van der Waals surface area (Å²) in [5.74, 6) is -0.793. The van der Waals surface area contributed by atoms with Gasteiger partial charge in [-0.25, -0.2) is 0 Å². The van der Waals surface area contributed by atoms with Crippen molar-refractivity contribution in [3.05, 3.63) is 12.8 Å². The second-order valence-corrected chi connectivity index (χ2v) is 19.2. The van der Waals surface area contributed by atoms with Crippen molar-refractivity contribution in [3.8, 4) is 0 Å². The first-order valence-corrected chi connectivity index (χ1v) is 27.7. The Labute approximate surface area is 376 Å². The Morgan fingerprint density at radius 1 is 0.267 bits per heavy atom. The Bertz CT molecular complexity index is 839. The van der Waals surface area contributed by atoms with Crippen molar-refractivity contribution < 1.29 is 19.4 Å². The molecule has 0 radical (unpaired) electrons. The number of carbonyl (C=O) groups is 2. The monoisotopic (exact) mass is 845 g/mol. The molecule has 0 atom stereocenters. The molecule has 0 fully saturated rings. The summed E-state index contributed by atoms with van der Waals surface area (Å²) >= 11 is 0. The summed E-state index contributed by atoms with van der Waals surface area (Å²) in [6.07, 6.45) is 72.0. The van der Waals surface area contributed by atoms with E-state index >= 15 is 0 Å². The van der Waals surface area contributed by atoms with Gasteiger partial charge in [0.25, 0.3) is 0 Å². The van der Waals surface area contributed by atoms with E-state index in [0.29, 0.717) is 12.8 Å². The van der Waals surface area contributed by atoms with Gasteiger partial charge in [-0.05, 0) is 12.8 Å². The number of ether oxygens (including phenoxy) is 1. The molecule has 0 saturated carbocycles. The summed E-state index contributed by atoms with van der Waals surface area (Å²) in [5.41, 5.74) is 0. The molecule has 4 heteroatoms. The van der Waals surface area contributed by atoms with E-state index in [1.165, 1.54) is 302 Å². The largest absolute Gasteiger partial charge is 0.481 e. The lowest BCUT2D eigenvalue weighted by molar-refractivity contribution is -0.138. The summed E-state index contributed by atoms with van der Waals surface area (Å²) in [6, 6.07) is 0. The van der Waals surface area contributed by atoms with Crippen molar-refractivity contribution in [1.29, 1.82) is 0 Å². The van der Waals surface area contributed by atoms with Gasteiger partial charge in [0.2, 0.25) is 0 Å². The molecule has 0 spiro atoms. The Hall–Kier alpha value is -1.32. The number of esters is 1. The third kappa shape index (κ3) is 54.7. The van der Waals surface area contributed by atoms with E-state index in [0.717, 1.165) is 25.7 Å². The zero-order valence-electron chi connectivity index (χ0n) is 40.7. The van der Waals surface area contributed by atoms with Crippen LogP contribution in [0.2, 0.25) is 0 Å². The number of hydrogen-bond donors (Lipinski definition) is 1. The number of rotatable bonds is 54. The highest BCUT2D eigenvalue weighted by Crippen LogP contribution is 2.19. The molecule has 0 heterocycles. The minimum atomic E-state index is -0.649. The van der Waals surface area contributed by atoms with E-state index in [1.54, 1.807) is 0 Å². The predicted molar refractivity (Wildman–Crippen MR) is 264 cm³/mol. The third-order valence-corrected chi connectivity index (χ3v) is 13.2. The van der Waals surface area contributed by atoms with E-state index in [2.05, 4.69) is 6.58 Å². The molecular formula is C56H108O4. The first-order valence-electron chi connectivity index (χ1n) is 27.7. The summed E-state index contributed by atoms with van der Waals surface area (Å²) in [7, 11) is 0. The van der Waals surface area contributed by atoms with Crippen LogP contribution in [0.4, 0.5) is 0 Å². The van der Waals surface area contributed by atoms with Crippen LogP contribution >= 0.6 is 0 Å². The van der Waals surface area contributed by atoms with Crippen molar-refractivity contribution in [2.24, 2.45) is 0 Å². The SMILES string of the molecule is C=COC(=O)CCCCCCCCCCCCCCCCCCCCCCCCCCCCCCCCCCCCCCCCCCCCCCCCCCCCC(=O)O. The zero-order chi connectivity index (χ0) is 43.3. The fourth-order valence-electron chi connectivity index (χ4n) is 9.18. The van der Waals surface area contributed by atoms with Gasteiger partial charge in [0.1, 0.15) is 0 Å². The number of aliphatic carboxylic acids is 1. The van der Waals surface area contributed by atoms with Gasteiger partial charge in [0.05, 0.1) is 6.26 Å². The number of unbranched alkanes of at least 4 members (excludes halogenated alkanes) is 49. The Kier molecular flexibility index (Phi) is 52.6. The van der Waals surface area contributed by atoms with Gasteiger partial charge < -0.3 is 9.84 Å². The van der Waals surface area contributed by atoms with Crippen LogP contribution in [-0.2, 0) is 14.3 Å². The molecule has 0 unspecified atom stereocenters. The van der Waals surface area contributed by atoms with Crippen LogP contribution in [0.3, 0.4) is 0 Å². The first-order chi connectivity index (χ1) is 29.7. The molecule has 1 N–H and O–H groups in total. The molecule has 0 aromatic heterocycles. The lowest BCUT2D eigenvalue weighted by Gasteiger charge is -2.05. The second kappa shape index (κ2) is 53.8. The maximum Gasteiger partial charge on any atom is 0.310 e. The minimum absolute atomic E-state index is 0.144. The van der Waals surface area contributed by atoms with Crippen molar-refractivity contribution >= 4 is 11.9 Å². The molecule has 0 aromatic rings. The maximum atomic E-state index is 11.3. The fourth-order valence-corrected chi connectivity index (χ4v) is 9.18. The Morgan fingerprint density at radius 2 is 0.400 bits per heavy atom. The second-order valence-electron chi connectivity index (χ2n) is 19.2. The fraction of sp³-hybridized carbons (Fsp3) is 0.929. The molecule has 0 bridgehead atoms. The molecule has 0 aliphatic rings. The van der Waals surface area contributed by atoms with Crippen molar-refractivity contribution in [2.45, 2.75) is 334 Å². The van der Waals surface area contributed by atoms with Crippen LogP contribution in [-0.4, -0.2) is 17.0 Å². The van der Waals surface area contributed by atoms with E-state index in [-0.39, 0.29) is 5.97 Å². The summed E-state index contributed by atoms with van der Waals surface area (Å²) in [5, 5.41) is 8.67. The molecule has 0 amide bonds. The van der Waals surface area contributed by atoms with Crippen LogP contribution < -0.4 is 0 Å². The van der Waals surface area contributed by atoms with E-state index in [9.17, 15) is 9.59 Å². The zero-order valence-corrected chi connectivity index (χ0v) is 40.7. The smallest absolute Gasteiger partial charge is 0.310 e. The van der Waals surface area contributed by atoms with E-state index in [4.69, 9.17) is 9.84 Å². The van der Waals surface area contributed by atoms with Gasteiger partial charge in [-0.3, -0.25) is 9.59 Å². The normalized spacial score (nSPS) is 11.4. The van der Waals surface area contributed by atoms with Crippen molar-refractivity contribution in [1.82, 2.24) is 0 Å². The molecule has 0 saturated heterocycles. The summed E-state index contributed by atoms with van der Waals surface area (Å²) < 4.78 is 4.75. The van der Waals surface area contributed by atoms with E-state index in [1.807, 2.05) is 0 Å². The van der Waals surface area contributed by atoms with Crippen molar-refractivity contribution in [2.75, 3.05) is 0 Å². The minimum Gasteiger partial charge on any atom is -0.481 e. The standard InChI is InChI=1S/C56H108O4/c1-2-60-56(59)54-52-50-48-46-44-42-40-38-36-34-32-30-28-26-24-22-20-18-16-14-12-10-8-6-4-3-5-7-9-11-13-15-17-19-21-23-25-27-29-31-33-35-37-39-41-43-45-47-49-51-53-55(57)58/h2H,1,3-54H2,(H,57,58). The maximum absolute atomic E-state index is 11.3. The molecule has 0 aromatic carbocycles. The van der Waals surface area contributed by atoms with Crippen LogP contribution in [0.5, 0.6) is 0 Å². The molecule has 0 aliphatic carbocycles. The molecule has 356 valence electrons. The van der Waals surface area contributed by atoms with Gasteiger partial charge in [-0.2, -0.15) is 0 Å². The highest BCUT2D eigenvalue weighted by Gasteiger charge is 2.02. The molecule has 0 aliphatic heterocycles.